The van der Waals surface area contributed by atoms with Gasteiger partial charge in [-0.25, -0.2) is 0 Å². The lowest BCUT2D eigenvalue weighted by molar-refractivity contribution is -0.117. The van der Waals surface area contributed by atoms with Crippen LogP contribution < -0.4 is 11.1 Å². The van der Waals surface area contributed by atoms with E-state index in [9.17, 15) is 4.79 Å². The molecule has 2 aliphatic rings. The number of nitrogens with one attached hydrogen (secondary N) is 1. The first-order valence-electron chi connectivity index (χ1n) is 5.74. The van der Waals surface area contributed by atoms with Crippen LogP contribution in [0.4, 0.5) is 0 Å². The summed E-state index contributed by atoms with van der Waals surface area (Å²) in [5, 5.41) is 3.34. The lowest BCUT2D eigenvalue weighted by Crippen LogP contribution is -2.29. The van der Waals surface area contributed by atoms with Crippen LogP contribution in [0, 0.1) is 17.8 Å². The smallest absolute Gasteiger partial charge is 0.218 e. The predicted molar refractivity (Wildman–Crippen MR) is 55.6 cm³/mol. The van der Waals surface area contributed by atoms with Crippen LogP contribution in [0.2, 0.25) is 0 Å². The van der Waals surface area contributed by atoms with Crippen molar-refractivity contribution in [1.82, 2.24) is 5.32 Å². The molecular formula is C11H20N2O. The molecule has 2 aliphatic carbocycles. The van der Waals surface area contributed by atoms with E-state index in [0.717, 1.165) is 30.8 Å². The van der Waals surface area contributed by atoms with Gasteiger partial charge in [0.1, 0.15) is 0 Å². The molecule has 2 fully saturated rings. The minimum atomic E-state index is -0.203. The Bertz CT molecular complexity index is 217. The first-order valence-corrected chi connectivity index (χ1v) is 5.74. The first kappa shape index (κ1) is 9.97. The molecular weight excluding hydrogens is 176 g/mol. The number of hydrogen-bond acceptors (Lipinski definition) is 2. The van der Waals surface area contributed by atoms with Gasteiger partial charge in [-0.15, -0.1) is 0 Å². The Hall–Kier alpha value is -0.570. The van der Waals surface area contributed by atoms with Crippen molar-refractivity contribution < 1.29 is 4.79 Å². The van der Waals surface area contributed by atoms with Crippen LogP contribution in [-0.2, 0) is 4.79 Å². The summed E-state index contributed by atoms with van der Waals surface area (Å²) in [4.78, 5) is 10.5. The second-order valence-electron chi connectivity index (χ2n) is 4.86. The van der Waals surface area contributed by atoms with E-state index in [0.29, 0.717) is 6.42 Å². The molecule has 0 saturated heterocycles. The second-order valence-corrected chi connectivity index (χ2v) is 4.86. The highest BCUT2D eigenvalue weighted by Gasteiger charge is 2.38. The van der Waals surface area contributed by atoms with Crippen molar-refractivity contribution in [2.24, 2.45) is 23.5 Å². The Morgan fingerprint density at radius 2 is 2.21 bits per heavy atom. The van der Waals surface area contributed by atoms with Gasteiger partial charge in [-0.1, -0.05) is 6.42 Å². The van der Waals surface area contributed by atoms with E-state index < -0.39 is 0 Å². The molecule has 0 aliphatic heterocycles. The monoisotopic (exact) mass is 196 g/mol. The fourth-order valence-electron chi connectivity index (χ4n) is 3.13. The van der Waals surface area contributed by atoms with Crippen molar-refractivity contribution in [2.45, 2.75) is 32.1 Å². The molecule has 1 amide bonds. The molecule has 0 spiro atoms. The van der Waals surface area contributed by atoms with E-state index in [1.807, 2.05) is 0 Å². The third-order valence-corrected chi connectivity index (χ3v) is 3.84. The summed E-state index contributed by atoms with van der Waals surface area (Å²) in [5.41, 5.74) is 5.07. The molecule has 14 heavy (non-hydrogen) atoms. The topological polar surface area (TPSA) is 55.1 Å². The average Bonchev–Trinajstić information content (AvgIpc) is 2.73. The molecule has 0 heterocycles. The predicted octanol–water partition coefficient (Wildman–Crippen LogP) is 0.888. The van der Waals surface area contributed by atoms with Gasteiger partial charge in [0, 0.05) is 13.0 Å². The molecule has 3 heteroatoms. The number of amides is 1. The van der Waals surface area contributed by atoms with E-state index in [1.54, 1.807) is 0 Å². The minimum absolute atomic E-state index is 0.203. The molecule has 0 radical (unpaired) electrons. The van der Waals surface area contributed by atoms with Crippen molar-refractivity contribution in [3.63, 3.8) is 0 Å². The van der Waals surface area contributed by atoms with Crippen LogP contribution in [0.15, 0.2) is 0 Å². The zero-order chi connectivity index (χ0) is 9.97. The third-order valence-electron chi connectivity index (χ3n) is 3.84. The fraction of sp³-hybridized carbons (Fsp3) is 0.909. The number of rotatable bonds is 5. The Morgan fingerprint density at radius 3 is 2.79 bits per heavy atom. The molecule has 3 nitrogen and oxygen atoms in total. The summed E-state index contributed by atoms with van der Waals surface area (Å²) < 4.78 is 0. The maximum atomic E-state index is 10.5. The molecule has 3 atom stereocenters. The number of carbonyl (C=O) groups is 1. The van der Waals surface area contributed by atoms with Crippen molar-refractivity contribution >= 4 is 5.91 Å². The summed E-state index contributed by atoms with van der Waals surface area (Å²) in [7, 11) is 0. The zero-order valence-electron chi connectivity index (χ0n) is 8.67. The van der Waals surface area contributed by atoms with Gasteiger partial charge in [0.2, 0.25) is 5.91 Å². The van der Waals surface area contributed by atoms with Crippen molar-refractivity contribution in [3.05, 3.63) is 0 Å². The normalized spacial score (nSPS) is 35.0. The summed E-state index contributed by atoms with van der Waals surface area (Å²) in [5.74, 6) is 2.66. The van der Waals surface area contributed by atoms with Crippen molar-refractivity contribution in [1.29, 1.82) is 0 Å². The largest absolute Gasteiger partial charge is 0.370 e. The van der Waals surface area contributed by atoms with Gasteiger partial charge in [0.15, 0.2) is 0 Å². The quantitative estimate of drug-likeness (QED) is 0.642. The number of nitrogens with two attached hydrogens (primary N) is 1. The van der Waals surface area contributed by atoms with E-state index in [-0.39, 0.29) is 5.91 Å². The SMILES string of the molecule is NC(=O)CCNCC1CC2CCC1C2. The second kappa shape index (κ2) is 4.30. The van der Waals surface area contributed by atoms with Gasteiger partial charge >= 0.3 is 0 Å². The Balaban J connectivity index is 1.60. The molecule has 0 aromatic rings. The highest BCUT2D eigenvalue weighted by molar-refractivity contribution is 5.73. The van der Waals surface area contributed by atoms with Crippen LogP contribution in [0.1, 0.15) is 32.1 Å². The number of carbonyl (C=O) groups excluding carboxylic acids is 1. The average molecular weight is 196 g/mol. The fourth-order valence-corrected chi connectivity index (χ4v) is 3.13. The van der Waals surface area contributed by atoms with E-state index in [4.69, 9.17) is 5.73 Å². The Morgan fingerprint density at radius 1 is 1.36 bits per heavy atom. The van der Waals surface area contributed by atoms with Gasteiger partial charge in [-0.3, -0.25) is 4.79 Å². The van der Waals surface area contributed by atoms with E-state index in [1.165, 1.54) is 25.7 Å². The Labute approximate surface area is 85.4 Å². The summed E-state index contributed by atoms with van der Waals surface area (Å²) in [6.07, 6.45) is 6.24. The van der Waals surface area contributed by atoms with Crippen LogP contribution >= 0.6 is 0 Å². The molecule has 80 valence electrons. The van der Waals surface area contributed by atoms with Crippen molar-refractivity contribution in [3.8, 4) is 0 Å². The lowest BCUT2D eigenvalue weighted by Gasteiger charge is -2.21. The maximum Gasteiger partial charge on any atom is 0.218 e. The van der Waals surface area contributed by atoms with Gasteiger partial charge in [0.25, 0.3) is 0 Å². The van der Waals surface area contributed by atoms with Gasteiger partial charge < -0.3 is 11.1 Å². The number of primary amides is 1. The van der Waals surface area contributed by atoms with Crippen LogP contribution in [0.3, 0.4) is 0 Å². The molecule has 0 aromatic carbocycles. The minimum Gasteiger partial charge on any atom is -0.370 e. The first-order chi connectivity index (χ1) is 6.75. The van der Waals surface area contributed by atoms with Gasteiger partial charge in [0.05, 0.1) is 0 Å². The summed E-state index contributed by atoms with van der Waals surface area (Å²) >= 11 is 0. The van der Waals surface area contributed by atoms with Gasteiger partial charge in [-0.2, -0.15) is 0 Å². The highest BCUT2D eigenvalue weighted by Crippen LogP contribution is 2.47. The number of fused-ring (bicyclic) bond motifs is 2. The maximum absolute atomic E-state index is 10.5. The standard InChI is InChI=1S/C11H20N2O/c12-11(14)3-4-13-7-10-6-8-1-2-9(10)5-8/h8-10,13H,1-7H2,(H2,12,14). The molecule has 2 bridgehead atoms. The van der Waals surface area contributed by atoms with Crippen LogP contribution in [0.25, 0.3) is 0 Å². The molecule has 3 N–H and O–H groups in total. The van der Waals surface area contributed by atoms with E-state index in [2.05, 4.69) is 5.32 Å². The summed E-state index contributed by atoms with van der Waals surface area (Å²) in [6.45, 7) is 1.84. The zero-order valence-corrected chi connectivity index (χ0v) is 8.67. The van der Waals surface area contributed by atoms with E-state index >= 15 is 0 Å². The van der Waals surface area contributed by atoms with Crippen molar-refractivity contribution in [2.75, 3.05) is 13.1 Å². The molecule has 2 rings (SSSR count). The van der Waals surface area contributed by atoms with Crippen LogP contribution in [0.5, 0.6) is 0 Å². The molecule has 3 unspecified atom stereocenters. The third kappa shape index (κ3) is 2.27. The Kier molecular flexibility index (Phi) is 3.06. The summed E-state index contributed by atoms with van der Waals surface area (Å²) in [6, 6.07) is 0. The van der Waals surface area contributed by atoms with Gasteiger partial charge in [-0.05, 0) is 43.6 Å². The highest BCUT2D eigenvalue weighted by atomic mass is 16.1. The number of hydrogen-bond donors (Lipinski definition) is 2. The molecule has 2 saturated carbocycles. The van der Waals surface area contributed by atoms with Crippen LogP contribution in [-0.4, -0.2) is 19.0 Å². The lowest BCUT2D eigenvalue weighted by atomic mass is 9.89. The molecule has 0 aromatic heterocycles.